The third-order valence-corrected chi connectivity index (χ3v) is 5.38. The number of para-hydroxylation sites is 1. The van der Waals surface area contributed by atoms with Gasteiger partial charge in [0.1, 0.15) is 17.1 Å². The van der Waals surface area contributed by atoms with Crippen molar-refractivity contribution < 1.29 is 13.6 Å². The van der Waals surface area contributed by atoms with E-state index in [1.807, 2.05) is 24.3 Å². The second-order valence-electron chi connectivity index (χ2n) is 7.70. The first-order valence-electron chi connectivity index (χ1n) is 10.6. The number of hydrogen-bond donors (Lipinski definition) is 0. The van der Waals surface area contributed by atoms with Crippen LogP contribution in [-0.2, 0) is 19.5 Å². The first-order valence-corrected chi connectivity index (χ1v) is 10.6. The minimum Gasteiger partial charge on any atom is -0.461 e. The van der Waals surface area contributed by atoms with Crippen molar-refractivity contribution in [1.82, 2.24) is 9.47 Å². The number of benzene rings is 1. The second kappa shape index (κ2) is 9.08. The van der Waals surface area contributed by atoms with Crippen molar-refractivity contribution in [1.29, 1.82) is 0 Å². The molecule has 4 rings (SSSR count). The van der Waals surface area contributed by atoms with Crippen molar-refractivity contribution in [2.24, 2.45) is 0 Å². The molecule has 6 heteroatoms. The zero-order chi connectivity index (χ0) is 21.8. The molecule has 3 aromatic heterocycles. The lowest BCUT2D eigenvalue weighted by Crippen LogP contribution is -2.26. The highest BCUT2D eigenvalue weighted by Crippen LogP contribution is 2.28. The molecule has 1 aromatic carbocycles. The van der Waals surface area contributed by atoms with Crippen molar-refractivity contribution in [3.63, 3.8) is 0 Å². The molecule has 0 radical (unpaired) electrons. The molecule has 0 saturated heterocycles. The van der Waals surface area contributed by atoms with Gasteiger partial charge < -0.3 is 18.3 Å². The molecule has 0 aliphatic heterocycles. The van der Waals surface area contributed by atoms with Crippen molar-refractivity contribution >= 4 is 16.9 Å². The number of aryl methyl sites for hydroxylation is 1. The summed E-state index contributed by atoms with van der Waals surface area (Å²) in [6, 6.07) is 16.3. The average molecular weight is 418 g/mol. The van der Waals surface area contributed by atoms with E-state index in [1.165, 1.54) is 10.6 Å². The van der Waals surface area contributed by atoms with E-state index < -0.39 is 0 Å². The Morgan fingerprint density at radius 2 is 1.84 bits per heavy atom. The van der Waals surface area contributed by atoms with Gasteiger partial charge in [-0.05, 0) is 30.7 Å². The number of fused-ring (bicyclic) bond motifs is 1. The third kappa shape index (κ3) is 4.48. The number of amides is 1. The van der Waals surface area contributed by atoms with Gasteiger partial charge in [-0.2, -0.15) is 0 Å². The molecule has 0 saturated carbocycles. The van der Waals surface area contributed by atoms with Crippen LogP contribution in [0.1, 0.15) is 47.4 Å². The van der Waals surface area contributed by atoms with Gasteiger partial charge in [0, 0.05) is 43.2 Å². The summed E-state index contributed by atoms with van der Waals surface area (Å²) in [5.41, 5.74) is 1.77. The molecule has 3 heterocycles. The number of aromatic nitrogens is 1. The summed E-state index contributed by atoms with van der Waals surface area (Å²) in [7, 11) is 1.76. The minimum absolute atomic E-state index is 0.115. The molecule has 160 valence electrons. The third-order valence-electron chi connectivity index (χ3n) is 5.38. The molecule has 0 spiro atoms. The van der Waals surface area contributed by atoms with Crippen LogP contribution in [0, 0.1) is 0 Å². The van der Waals surface area contributed by atoms with E-state index in [1.54, 1.807) is 42.4 Å². The summed E-state index contributed by atoms with van der Waals surface area (Å²) < 4.78 is 13.4. The lowest BCUT2D eigenvalue weighted by molar-refractivity contribution is 0.0751. The largest absolute Gasteiger partial charge is 0.461 e. The van der Waals surface area contributed by atoms with Crippen LogP contribution in [0.5, 0.6) is 0 Å². The van der Waals surface area contributed by atoms with Crippen LogP contribution in [0.4, 0.5) is 0 Å². The number of rotatable bonds is 8. The molecule has 4 aromatic rings. The molecule has 0 aliphatic carbocycles. The number of pyridine rings is 1. The molecule has 31 heavy (non-hydrogen) atoms. The summed E-state index contributed by atoms with van der Waals surface area (Å²) >= 11 is 0. The monoisotopic (exact) mass is 418 g/mol. The molecule has 0 aliphatic rings. The summed E-state index contributed by atoms with van der Waals surface area (Å²) in [4.78, 5) is 26.5. The highest BCUT2D eigenvalue weighted by molar-refractivity contribution is 5.92. The number of hydrogen-bond acceptors (Lipinski definition) is 4. The predicted octanol–water partition coefficient (Wildman–Crippen LogP) is 4.85. The van der Waals surface area contributed by atoms with E-state index in [4.69, 9.17) is 8.83 Å². The summed E-state index contributed by atoms with van der Waals surface area (Å²) in [5.74, 6) is 1.54. The van der Waals surface area contributed by atoms with Crippen LogP contribution in [0.2, 0.25) is 0 Å². The van der Waals surface area contributed by atoms with Crippen LogP contribution in [0.3, 0.4) is 0 Å². The van der Waals surface area contributed by atoms with E-state index in [-0.39, 0.29) is 23.8 Å². The number of furan rings is 2. The Balaban J connectivity index is 1.52. The lowest BCUT2D eigenvalue weighted by Gasteiger charge is -2.16. The summed E-state index contributed by atoms with van der Waals surface area (Å²) in [5, 5.41) is 1.04. The Hall–Kier alpha value is -3.54. The zero-order valence-electron chi connectivity index (χ0n) is 17.8. The zero-order valence-corrected chi connectivity index (χ0v) is 17.8. The van der Waals surface area contributed by atoms with Gasteiger partial charge in [-0.15, -0.1) is 0 Å². The summed E-state index contributed by atoms with van der Waals surface area (Å²) in [6.07, 6.45) is 4.65. The van der Waals surface area contributed by atoms with E-state index in [9.17, 15) is 9.59 Å². The Morgan fingerprint density at radius 1 is 1.03 bits per heavy atom. The van der Waals surface area contributed by atoms with Crippen molar-refractivity contribution in [3.05, 3.63) is 94.0 Å². The van der Waals surface area contributed by atoms with E-state index in [0.29, 0.717) is 12.3 Å². The fourth-order valence-electron chi connectivity index (χ4n) is 3.70. The van der Waals surface area contributed by atoms with Gasteiger partial charge >= 0.3 is 0 Å². The van der Waals surface area contributed by atoms with Gasteiger partial charge in [-0.25, -0.2) is 0 Å². The highest BCUT2D eigenvalue weighted by Gasteiger charge is 2.21. The van der Waals surface area contributed by atoms with Crippen molar-refractivity contribution in [3.8, 4) is 0 Å². The van der Waals surface area contributed by atoms with Crippen LogP contribution in [-0.4, -0.2) is 22.4 Å². The molecule has 0 bridgehead atoms. The molecular weight excluding hydrogens is 392 g/mol. The number of carbonyl (C=O) groups excluding carboxylic acids is 1. The Kier molecular flexibility index (Phi) is 6.07. The molecule has 6 nitrogen and oxygen atoms in total. The van der Waals surface area contributed by atoms with Crippen molar-refractivity contribution in [2.75, 3.05) is 7.05 Å². The number of nitrogens with zero attached hydrogens (tertiary/aromatic N) is 2. The standard InChI is InChI=1S/C25H26N2O4/c1-3-4-10-22-20(19-9-5-6-11-21(19)31-22)17-26(2)25(29)23-14-13-18(30-23)16-27-15-8-7-12-24(27)28/h5-9,11-15H,3-4,10,16-17H2,1-2H3. The maximum atomic E-state index is 13.0. The van der Waals surface area contributed by atoms with Crippen LogP contribution in [0.15, 0.2) is 74.4 Å². The first-order chi connectivity index (χ1) is 15.1. The molecule has 0 unspecified atom stereocenters. The first kappa shape index (κ1) is 20.7. The van der Waals surface area contributed by atoms with Crippen LogP contribution < -0.4 is 5.56 Å². The minimum atomic E-state index is -0.210. The topological polar surface area (TPSA) is 68.6 Å². The van der Waals surface area contributed by atoms with Crippen molar-refractivity contribution in [2.45, 2.75) is 39.3 Å². The molecule has 0 fully saturated rings. The van der Waals surface area contributed by atoms with Gasteiger partial charge in [-0.3, -0.25) is 9.59 Å². The molecule has 0 atom stereocenters. The summed E-state index contributed by atoms with van der Waals surface area (Å²) in [6.45, 7) is 2.86. The maximum Gasteiger partial charge on any atom is 0.289 e. The lowest BCUT2D eigenvalue weighted by atomic mass is 10.1. The predicted molar refractivity (Wildman–Crippen MR) is 119 cm³/mol. The quantitative estimate of drug-likeness (QED) is 0.410. The second-order valence-corrected chi connectivity index (χ2v) is 7.70. The van der Waals surface area contributed by atoms with Crippen LogP contribution >= 0.6 is 0 Å². The van der Waals surface area contributed by atoms with E-state index in [2.05, 4.69) is 6.92 Å². The van der Waals surface area contributed by atoms with E-state index in [0.717, 1.165) is 41.6 Å². The van der Waals surface area contributed by atoms with Gasteiger partial charge in [0.25, 0.3) is 11.5 Å². The van der Waals surface area contributed by atoms with E-state index >= 15 is 0 Å². The molecule has 1 amide bonds. The normalized spacial score (nSPS) is 11.2. The maximum absolute atomic E-state index is 13.0. The van der Waals surface area contributed by atoms with Gasteiger partial charge in [0.15, 0.2) is 5.76 Å². The Labute approximate surface area is 180 Å². The van der Waals surface area contributed by atoms with Gasteiger partial charge in [-0.1, -0.05) is 37.6 Å². The Bertz CT molecular complexity index is 1250. The number of unbranched alkanes of at least 4 members (excludes halogenated alkanes) is 1. The fraction of sp³-hybridized carbons (Fsp3) is 0.280. The van der Waals surface area contributed by atoms with Gasteiger partial charge in [0.2, 0.25) is 0 Å². The highest BCUT2D eigenvalue weighted by atomic mass is 16.4. The van der Waals surface area contributed by atoms with Gasteiger partial charge in [0.05, 0.1) is 6.54 Å². The number of carbonyl (C=O) groups is 1. The fourth-order valence-corrected chi connectivity index (χ4v) is 3.70. The SMILES string of the molecule is CCCCc1oc2ccccc2c1CN(C)C(=O)c1ccc(Cn2ccccc2=O)o1. The molecular formula is C25H26N2O4. The van der Waals surface area contributed by atoms with Crippen LogP contribution in [0.25, 0.3) is 11.0 Å². The smallest absolute Gasteiger partial charge is 0.289 e. The Morgan fingerprint density at radius 3 is 2.65 bits per heavy atom. The average Bonchev–Trinajstić information content (AvgIpc) is 3.38. The molecule has 0 N–H and O–H groups in total.